The molecule has 2 atom stereocenters. The van der Waals surface area contributed by atoms with Crippen LogP contribution in [0.5, 0.6) is 0 Å². The Bertz CT molecular complexity index is 719. The Balaban J connectivity index is 1.61. The minimum Gasteiger partial charge on any atom is -0.350 e. The number of hydrogen-bond donors (Lipinski definition) is 1. The van der Waals surface area contributed by atoms with Gasteiger partial charge < -0.3 is 10.2 Å². The molecule has 0 bridgehead atoms. The molecule has 0 aliphatic carbocycles. The predicted molar refractivity (Wildman–Crippen MR) is 94.1 cm³/mol. The van der Waals surface area contributed by atoms with Crippen LogP contribution in [0.3, 0.4) is 0 Å². The van der Waals surface area contributed by atoms with E-state index in [9.17, 15) is 14.0 Å². The third-order valence-corrected chi connectivity index (χ3v) is 6.20. The van der Waals surface area contributed by atoms with Crippen molar-refractivity contribution in [3.8, 4) is 0 Å². The molecule has 24 heavy (non-hydrogen) atoms. The topological polar surface area (TPSA) is 49.4 Å². The zero-order valence-corrected chi connectivity index (χ0v) is 14.7. The maximum atomic E-state index is 12.9. The zero-order chi connectivity index (χ0) is 17.1. The molecule has 126 valence electrons. The average Bonchev–Trinajstić information content (AvgIpc) is 3.18. The minimum atomic E-state index is -0.308. The van der Waals surface area contributed by atoms with Crippen LogP contribution in [0.1, 0.15) is 22.7 Å². The van der Waals surface area contributed by atoms with Gasteiger partial charge in [-0.25, -0.2) is 4.39 Å². The first-order valence-corrected chi connectivity index (χ1v) is 9.37. The van der Waals surface area contributed by atoms with Crippen molar-refractivity contribution in [3.05, 3.63) is 58.0 Å². The fraction of sp³-hybridized carbons (Fsp3) is 0.294. The van der Waals surface area contributed by atoms with Crippen molar-refractivity contribution < 1.29 is 14.0 Å². The molecular weight excluding hydrogens is 347 g/mol. The van der Waals surface area contributed by atoms with Crippen LogP contribution in [0, 0.1) is 5.82 Å². The fourth-order valence-corrected chi connectivity index (χ4v) is 4.73. The molecule has 2 aromatic rings. The summed E-state index contributed by atoms with van der Waals surface area (Å²) in [4.78, 5) is 27.3. The lowest BCUT2D eigenvalue weighted by atomic mass is 10.2. The third-order valence-electron chi connectivity index (χ3n) is 3.75. The Labute approximate surface area is 148 Å². The van der Waals surface area contributed by atoms with Gasteiger partial charge in [-0.05, 0) is 36.1 Å². The quantitative estimate of drug-likeness (QED) is 0.887. The molecule has 1 N–H and O–H groups in total. The first-order valence-electron chi connectivity index (χ1n) is 7.55. The monoisotopic (exact) mass is 364 g/mol. The van der Waals surface area contributed by atoms with Gasteiger partial charge in [0.05, 0.1) is 5.25 Å². The smallest absolute Gasteiger partial charge is 0.239 e. The van der Waals surface area contributed by atoms with Gasteiger partial charge >= 0.3 is 0 Å². The summed E-state index contributed by atoms with van der Waals surface area (Å²) in [6, 6.07) is 9.90. The van der Waals surface area contributed by atoms with E-state index >= 15 is 0 Å². The Morgan fingerprint density at radius 1 is 1.29 bits per heavy atom. The molecule has 1 fully saturated rings. The van der Waals surface area contributed by atoms with Crippen LogP contribution in [0.15, 0.2) is 41.8 Å². The standard InChI is InChI=1S/C17H17FN2O2S2/c1-11-16(22)20(17(24-11)14-3-2-8-23-14)10-15(21)19-9-12-4-6-13(18)7-5-12/h2-8,11,17H,9-10H2,1H3,(H,19,21). The maximum absolute atomic E-state index is 12.9. The number of hydrogen-bond acceptors (Lipinski definition) is 4. The summed E-state index contributed by atoms with van der Waals surface area (Å²) in [5, 5.41) is 4.50. The van der Waals surface area contributed by atoms with Crippen LogP contribution in [0.2, 0.25) is 0 Å². The van der Waals surface area contributed by atoms with Gasteiger partial charge in [0.2, 0.25) is 11.8 Å². The summed E-state index contributed by atoms with van der Waals surface area (Å²) in [5.41, 5.74) is 0.815. The molecule has 7 heteroatoms. The Hall–Kier alpha value is -1.86. The van der Waals surface area contributed by atoms with Crippen LogP contribution < -0.4 is 5.32 Å². The SMILES string of the molecule is CC1SC(c2cccs2)N(CC(=O)NCc2ccc(F)cc2)C1=O. The van der Waals surface area contributed by atoms with E-state index in [1.807, 2.05) is 24.4 Å². The lowest BCUT2D eigenvalue weighted by molar-refractivity contribution is -0.135. The van der Waals surface area contributed by atoms with Gasteiger partial charge in [-0.1, -0.05) is 18.2 Å². The number of carbonyl (C=O) groups is 2. The number of benzene rings is 1. The van der Waals surface area contributed by atoms with E-state index < -0.39 is 0 Å². The fourth-order valence-electron chi connectivity index (χ4n) is 2.50. The van der Waals surface area contributed by atoms with Crippen molar-refractivity contribution in [2.24, 2.45) is 0 Å². The lowest BCUT2D eigenvalue weighted by Crippen LogP contribution is -2.39. The van der Waals surface area contributed by atoms with Gasteiger partial charge in [-0.2, -0.15) is 0 Å². The molecular formula is C17H17FN2O2S2. The van der Waals surface area contributed by atoms with Gasteiger partial charge in [0.15, 0.2) is 0 Å². The van der Waals surface area contributed by atoms with Crippen LogP contribution in [0.4, 0.5) is 4.39 Å². The van der Waals surface area contributed by atoms with Crippen molar-refractivity contribution in [2.75, 3.05) is 6.54 Å². The van der Waals surface area contributed by atoms with Crippen molar-refractivity contribution in [3.63, 3.8) is 0 Å². The van der Waals surface area contributed by atoms with Crippen LogP contribution in [-0.2, 0) is 16.1 Å². The highest BCUT2D eigenvalue weighted by Gasteiger charge is 2.39. The van der Waals surface area contributed by atoms with Gasteiger partial charge in [0.25, 0.3) is 0 Å². The molecule has 1 aliphatic rings. The van der Waals surface area contributed by atoms with Gasteiger partial charge in [0, 0.05) is 11.4 Å². The summed E-state index contributed by atoms with van der Waals surface area (Å²) in [5.74, 6) is -0.545. The number of nitrogens with one attached hydrogen (secondary N) is 1. The number of thiophene rings is 1. The number of halogens is 1. The molecule has 1 aromatic heterocycles. The largest absolute Gasteiger partial charge is 0.350 e. The molecule has 4 nitrogen and oxygen atoms in total. The third kappa shape index (κ3) is 3.79. The normalized spacial score (nSPS) is 20.4. The van der Waals surface area contributed by atoms with Gasteiger partial charge in [0.1, 0.15) is 17.7 Å². The lowest BCUT2D eigenvalue weighted by Gasteiger charge is -2.22. The van der Waals surface area contributed by atoms with Crippen molar-refractivity contribution >= 4 is 34.9 Å². The first kappa shape index (κ1) is 17.0. The van der Waals surface area contributed by atoms with Crippen molar-refractivity contribution in [1.82, 2.24) is 10.2 Å². The second-order valence-electron chi connectivity index (χ2n) is 5.52. The molecule has 3 rings (SSSR count). The first-order chi connectivity index (χ1) is 11.5. The predicted octanol–water partition coefficient (Wildman–Crippen LogP) is 3.17. The van der Waals surface area contributed by atoms with Crippen LogP contribution in [-0.4, -0.2) is 28.5 Å². The van der Waals surface area contributed by atoms with Crippen LogP contribution >= 0.6 is 23.1 Å². The van der Waals surface area contributed by atoms with E-state index in [1.165, 1.54) is 12.1 Å². The highest BCUT2D eigenvalue weighted by atomic mass is 32.2. The molecule has 2 unspecified atom stereocenters. The molecule has 2 amide bonds. The summed E-state index contributed by atoms with van der Waals surface area (Å²) < 4.78 is 12.9. The van der Waals surface area contributed by atoms with E-state index in [1.54, 1.807) is 40.1 Å². The van der Waals surface area contributed by atoms with Crippen LogP contribution in [0.25, 0.3) is 0 Å². The summed E-state index contributed by atoms with van der Waals surface area (Å²) >= 11 is 3.15. The highest BCUT2D eigenvalue weighted by Crippen LogP contribution is 2.44. The van der Waals surface area contributed by atoms with Gasteiger partial charge in [-0.15, -0.1) is 23.1 Å². The zero-order valence-electron chi connectivity index (χ0n) is 13.1. The number of carbonyl (C=O) groups excluding carboxylic acids is 2. The number of amides is 2. The summed E-state index contributed by atoms with van der Waals surface area (Å²) in [7, 11) is 0. The number of nitrogens with zero attached hydrogens (tertiary/aromatic N) is 1. The van der Waals surface area contributed by atoms with E-state index in [-0.39, 0.29) is 34.8 Å². The second kappa shape index (κ2) is 7.36. The molecule has 0 radical (unpaired) electrons. The Kier molecular flexibility index (Phi) is 5.20. The molecule has 0 spiro atoms. The average molecular weight is 364 g/mol. The summed E-state index contributed by atoms with van der Waals surface area (Å²) in [6.45, 7) is 2.21. The van der Waals surface area contributed by atoms with E-state index in [0.717, 1.165) is 10.4 Å². The van der Waals surface area contributed by atoms with Crippen molar-refractivity contribution in [2.45, 2.75) is 24.1 Å². The number of thioether (sulfide) groups is 1. The molecule has 1 aliphatic heterocycles. The second-order valence-corrected chi connectivity index (χ2v) is 7.92. The van der Waals surface area contributed by atoms with E-state index in [2.05, 4.69) is 5.32 Å². The minimum absolute atomic E-state index is 0.0182. The maximum Gasteiger partial charge on any atom is 0.239 e. The highest BCUT2D eigenvalue weighted by molar-refractivity contribution is 8.01. The van der Waals surface area contributed by atoms with Gasteiger partial charge in [-0.3, -0.25) is 9.59 Å². The molecule has 1 saturated heterocycles. The van der Waals surface area contributed by atoms with Crippen molar-refractivity contribution in [1.29, 1.82) is 0 Å². The summed E-state index contributed by atoms with van der Waals surface area (Å²) in [6.07, 6.45) is 0. The van der Waals surface area contributed by atoms with E-state index in [0.29, 0.717) is 6.54 Å². The molecule has 2 heterocycles. The Morgan fingerprint density at radius 3 is 2.71 bits per heavy atom. The molecule has 0 saturated carbocycles. The number of rotatable bonds is 5. The molecule has 1 aromatic carbocycles. The Morgan fingerprint density at radius 2 is 2.04 bits per heavy atom. The van der Waals surface area contributed by atoms with E-state index in [4.69, 9.17) is 0 Å².